The minimum Gasteiger partial charge on any atom is -0.382 e. The summed E-state index contributed by atoms with van der Waals surface area (Å²) in [5, 5.41) is 9.23. The van der Waals surface area contributed by atoms with Crippen LogP contribution in [0, 0.1) is 22.6 Å². The number of nitrogens with zero attached hydrogens (tertiary/aromatic N) is 3. The van der Waals surface area contributed by atoms with E-state index in [4.69, 9.17) is 20.5 Å². The Hall–Kier alpha value is -3.18. The van der Waals surface area contributed by atoms with Crippen molar-refractivity contribution in [3.05, 3.63) is 58.9 Å². The maximum atomic E-state index is 14.1. The van der Waals surface area contributed by atoms with Crippen molar-refractivity contribution in [3.8, 4) is 17.2 Å². The number of alkyl halides is 2. The first-order chi connectivity index (χ1) is 15.7. The monoisotopic (exact) mass is 452 g/mol. The molecule has 5 rings (SSSR count). The van der Waals surface area contributed by atoms with Gasteiger partial charge in [0, 0.05) is 11.0 Å². The summed E-state index contributed by atoms with van der Waals surface area (Å²) in [5.41, 5.74) is 9.07. The number of aliphatic imine (C=N–C) groups is 2. The SMILES string of the molecule is CC1=NC2(N=C1N)c1cc(-c3cc(F)cc(C#N)c3)ccc1C[C@]21CC[C@@H](OC(F)F)CC1. The molecule has 170 valence electrons. The molecule has 5 nitrogen and oxygen atoms in total. The minimum absolute atomic E-state index is 0.242. The topological polar surface area (TPSA) is 83.8 Å². The summed E-state index contributed by atoms with van der Waals surface area (Å²) in [4.78, 5) is 9.83. The number of amidine groups is 1. The van der Waals surface area contributed by atoms with E-state index in [1.54, 1.807) is 6.07 Å². The lowest BCUT2D eigenvalue weighted by molar-refractivity contribution is -0.177. The van der Waals surface area contributed by atoms with Crippen LogP contribution in [0.25, 0.3) is 11.1 Å². The van der Waals surface area contributed by atoms with Crippen LogP contribution in [0.1, 0.15) is 49.3 Å². The smallest absolute Gasteiger partial charge is 0.345 e. The first kappa shape index (κ1) is 21.7. The molecular weight excluding hydrogens is 429 g/mol. The fourth-order valence-corrected chi connectivity index (χ4v) is 5.72. The Balaban J connectivity index is 1.59. The van der Waals surface area contributed by atoms with Gasteiger partial charge in [-0.3, -0.25) is 4.99 Å². The molecule has 1 fully saturated rings. The molecule has 33 heavy (non-hydrogen) atoms. The summed E-state index contributed by atoms with van der Waals surface area (Å²) < 4.78 is 44.4. The highest BCUT2D eigenvalue weighted by atomic mass is 19.3. The van der Waals surface area contributed by atoms with Crippen molar-refractivity contribution in [2.24, 2.45) is 21.1 Å². The van der Waals surface area contributed by atoms with Crippen molar-refractivity contribution >= 4 is 11.5 Å². The lowest BCUT2D eigenvalue weighted by atomic mass is 9.65. The second-order valence-electron chi connectivity index (χ2n) is 9.13. The van der Waals surface area contributed by atoms with Crippen LogP contribution < -0.4 is 5.73 Å². The normalized spacial score (nSPS) is 28.2. The molecule has 0 bridgehead atoms. The zero-order valence-electron chi connectivity index (χ0n) is 18.1. The number of ether oxygens (including phenoxy) is 1. The third kappa shape index (κ3) is 3.42. The molecule has 8 heteroatoms. The molecule has 2 N–H and O–H groups in total. The highest BCUT2D eigenvalue weighted by Gasteiger charge is 2.60. The molecule has 2 spiro atoms. The molecule has 1 saturated carbocycles. The fraction of sp³-hybridized carbons (Fsp3) is 0.400. The van der Waals surface area contributed by atoms with Crippen LogP contribution >= 0.6 is 0 Å². The van der Waals surface area contributed by atoms with Crippen LogP contribution in [-0.4, -0.2) is 24.3 Å². The number of benzene rings is 2. The standard InChI is InChI=1S/C25H23F3N4O/c1-14-22(30)32-25(31-14)21-11-16(18-8-15(13-29)9-19(26)10-18)2-3-17(21)12-24(25)6-4-20(5-7-24)33-23(27)28/h2-3,8-11,20,23H,4-7,12H2,1H3,(H2,30,32)/t20-,24-,25?. The van der Waals surface area contributed by atoms with Crippen LogP contribution in [0.5, 0.6) is 0 Å². The molecule has 3 aliphatic rings. The quantitative estimate of drug-likeness (QED) is 0.706. The van der Waals surface area contributed by atoms with Gasteiger partial charge in [0.1, 0.15) is 11.7 Å². The van der Waals surface area contributed by atoms with E-state index in [1.165, 1.54) is 12.1 Å². The number of nitriles is 1. The van der Waals surface area contributed by atoms with E-state index in [-0.39, 0.29) is 5.56 Å². The Morgan fingerprint density at radius 3 is 2.52 bits per heavy atom. The molecule has 2 aromatic rings. The highest BCUT2D eigenvalue weighted by molar-refractivity contribution is 6.41. The van der Waals surface area contributed by atoms with Crippen molar-refractivity contribution in [2.75, 3.05) is 0 Å². The first-order valence-electron chi connectivity index (χ1n) is 11.0. The van der Waals surface area contributed by atoms with Crippen LogP contribution in [0.3, 0.4) is 0 Å². The summed E-state index contributed by atoms with van der Waals surface area (Å²) in [6.45, 7) is -0.966. The van der Waals surface area contributed by atoms with Crippen molar-refractivity contribution in [1.82, 2.24) is 0 Å². The predicted octanol–water partition coefficient (Wildman–Crippen LogP) is 5.07. The summed E-state index contributed by atoms with van der Waals surface area (Å²) in [6.07, 6.45) is 2.45. The molecule has 0 aromatic heterocycles. The number of rotatable bonds is 3. The zero-order chi connectivity index (χ0) is 23.4. The van der Waals surface area contributed by atoms with E-state index < -0.39 is 29.6 Å². The van der Waals surface area contributed by atoms with Gasteiger partial charge in [0.25, 0.3) is 0 Å². The minimum atomic E-state index is -2.79. The van der Waals surface area contributed by atoms with Gasteiger partial charge in [-0.25, -0.2) is 9.38 Å². The van der Waals surface area contributed by atoms with Gasteiger partial charge < -0.3 is 10.5 Å². The van der Waals surface area contributed by atoms with Crippen molar-refractivity contribution in [1.29, 1.82) is 5.26 Å². The van der Waals surface area contributed by atoms with Gasteiger partial charge in [-0.2, -0.15) is 14.0 Å². The number of nitrogens with two attached hydrogens (primary N) is 1. The van der Waals surface area contributed by atoms with E-state index in [9.17, 15) is 18.4 Å². The third-order valence-electron chi connectivity index (χ3n) is 7.28. The summed E-state index contributed by atoms with van der Waals surface area (Å²) >= 11 is 0. The van der Waals surface area contributed by atoms with Crippen LogP contribution in [0.2, 0.25) is 0 Å². The van der Waals surface area contributed by atoms with Crippen LogP contribution in [0.15, 0.2) is 46.4 Å². The molecular formula is C25H23F3N4O. The molecule has 1 unspecified atom stereocenters. The molecule has 0 amide bonds. The van der Waals surface area contributed by atoms with Gasteiger partial charge in [-0.1, -0.05) is 12.1 Å². The van der Waals surface area contributed by atoms with Crippen LogP contribution in [0.4, 0.5) is 13.2 Å². The fourth-order valence-electron chi connectivity index (χ4n) is 5.72. The third-order valence-corrected chi connectivity index (χ3v) is 7.28. The lowest BCUT2D eigenvalue weighted by Gasteiger charge is -2.44. The maximum absolute atomic E-state index is 14.1. The molecule has 1 aliphatic heterocycles. The van der Waals surface area contributed by atoms with E-state index >= 15 is 0 Å². The predicted molar refractivity (Wildman–Crippen MR) is 118 cm³/mol. The number of halogens is 3. The maximum Gasteiger partial charge on any atom is 0.345 e. The Bertz CT molecular complexity index is 1200. The van der Waals surface area contributed by atoms with Gasteiger partial charge in [-0.15, -0.1) is 0 Å². The largest absolute Gasteiger partial charge is 0.382 e. The molecule has 0 saturated heterocycles. The lowest BCUT2D eigenvalue weighted by Crippen LogP contribution is -2.43. The highest BCUT2D eigenvalue weighted by Crippen LogP contribution is 2.62. The van der Waals surface area contributed by atoms with Crippen molar-refractivity contribution in [2.45, 2.75) is 57.4 Å². The Kier molecular flexibility index (Phi) is 5.05. The second-order valence-corrected chi connectivity index (χ2v) is 9.13. The van der Waals surface area contributed by atoms with E-state index in [1.807, 2.05) is 31.2 Å². The molecule has 1 atom stereocenters. The first-order valence-corrected chi connectivity index (χ1v) is 11.0. The Morgan fingerprint density at radius 1 is 1.12 bits per heavy atom. The Labute approximate surface area is 189 Å². The second kappa shape index (κ2) is 7.70. The summed E-state index contributed by atoms with van der Waals surface area (Å²) in [7, 11) is 0. The van der Waals surface area contributed by atoms with E-state index in [0.717, 1.165) is 16.7 Å². The number of hydrogen-bond donors (Lipinski definition) is 1. The molecule has 2 aliphatic carbocycles. The zero-order valence-corrected chi connectivity index (χ0v) is 18.1. The van der Waals surface area contributed by atoms with Gasteiger partial charge in [-0.05, 0) is 80.0 Å². The van der Waals surface area contributed by atoms with Crippen molar-refractivity contribution < 1.29 is 17.9 Å². The van der Waals surface area contributed by atoms with Gasteiger partial charge in [0.2, 0.25) is 0 Å². The molecule has 1 heterocycles. The van der Waals surface area contributed by atoms with Gasteiger partial charge in [0.05, 0.1) is 23.4 Å². The summed E-state index contributed by atoms with van der Waals surface area (Å²) in [6, 6.07) is 12.1. The van der Waals surface area contributed by atoms with Gasteiger partial charge in [0.15, 0.2) is 5.66 Å². The number of fused-ring (bicyclic) bond motifs is 3. The van der Waals surface area contributed by atoms with Gasteiger partial charge >= 0.3 is 6.61 Å². The molecule has 2 aromatic carbocycles. The average molecular weight is 452 g/mol. The Morgan fingerprint density at radius 2 is 1.88 bits per heavy atom. The molecule has 0 radical (unpaired) electrons. The average Bonchev–Trinajstić information content (AvgIpc) is 3.22. The van der Waals surface area contributed by atoms with Crippen LogP contribution in [-0.2, 0) is 16.8 Å². The van der Waals surface area contributed by atoms with E-state index in [0.29, 0.717) is 49.2 Å². The van der Waals surface area contributed by atoms with E-state index in [2.05, 4.69) is 0 Å². The summed E-state index contributed by atoms with van der Waals surface area (Å²) in [5.74, 6) is -0.110. The van der Waals surface area contributed by atoms with Crippen molar-refractivity contribution in [3.63, 3.8) is 0 Å². The number of hydrogen-bond acceptors (Lipinski definition) is 5.